The quantitative estimate of drug-likeness (QED) is 0.786. The molecule has 1 rings (SSSR count). The highest BCUT2D eigenvalue weighted by Gasteiger charge is 2.03. The Labute approximate surface area is 86.7 Å². The van der Waals surface area contributed by atoms with Gasteiger partial charge in [-0.05, 0) is 6.07 Å². The molecule has 1 amide bonds. The lowest BCUT2D eigenvalue weighted by Gasteiger charge is -2.05. The fourth-order valence-electron chi connectivity index (χ4n) is 0.872. The van der Waals surface area contributed by atoms with Gasteiger partial charge in [0, 0.05) is 10.6 Å². The molecule has 0 radical (unpaired) electrons. The third-order valence-corrected chi connectivity index (χ3v) is 1.87. The Bertz CT molecular complexity index is 317. The van der Waals surface area contributed by atoms with Crippen molar-refractivity contribution in [3.63, 3.8) is 0 Å². The van der Waals surface area contributed by atoms with Gasteiger partial charge in [-0.25, -0.2) is 4.79 Å². The van der Waals surface area contributed by atoms with Gasteiger partial charge in [0.2, 0.25) is 0 Å². The Hall–Kier alpha value is -1.26. The highest BCUT2D eigenvalue weighted by Crippen LogP contribution is 2.15. The van der Waals surface area contributed by atoms with E-state index in [1.165, 1.54) is 7.11 Å². The van der Waals surface area contributed by atoms with Crippen molar-refractivity contribution in [3.05, 3.63) is 34.9 Å². The maximum Gasteiger partial charge on any atom is 0.431 e. The summed E-state index contributed by atoms with van der Waals surface area (Å²) in [7, 11) is 1.33. The summed E-state index contributed by atoms with van der Waals surface area (Å²) in [6, 6.07) is 7.14. The first-order valence-corrected chi connectivity index (χ1v) is 4.31. The molecule has 4 nitrogen and oxygen atoms in total. The van der Waals surface area contributed by atoms with E-state index in [0.717, 1.165) is 5.56 Å². The predicted octanol–water partition coefficient (Wildman–Crippen LogP) is 2.13. The molecule has 1 N–H and O–H groups in total. The van der Waals surface area contributed by atoms with Gasteiger partial charge in [0.15, 0.2) is 0 Å². The Morgan fingerprint density at radius 3 is 2.86 bits per heavy atom. The molecular weight excluding hydrogens is 206 g/mol. The van der Waals surface area contributed by atoms with Crippen LogP contribution >= 0.6 is 11.6 Å². The molecule has 0 saturated carbocycles. The summed E-state index contributed by atoms with van der Waals surface area (Å²) in [6.45, 7) is 0.120. The average Bonchev–Trinajstić information content (AvgIpc) is 2.17. The van der Waals surface area contributed by atoms with Gasteiger partial charge in [0.05, 0.1) is 7.11 Å². The number of carbonyl (C=O) groups is 1. The minimum Gasteiger partial charge on any atom is -0.443 e. The van der Waals surface area contributed by atoms with Gasteiger partial charge in [0.25, 0.3) is 0 Å². The molecule has 0 aromatic heterocycles. The number of halogens is 1. The number of hydrogen-bond donors (Lipinski definition) is 1. The number of benzene rings is 1. The fraction of sp³-hybridized carbons (Fsp3) is 0.222. The third-order valence-electron chi connectivity index (χ3n) is 1.50. The van der Waals surface area contributed by atoms with Crippen molar-refractivity contribution in [1.82, 2.24) is 5.48 Å². The van der Waals surface area contributed by atoms with Gasteiger partial charge in [-0.2, -0.15) is 5.48 Å². The molecule has 14 heavy (non-hydrogen) atoms. The molecule has 0 aliphatic rings. The lowest BCUT2D eigenvalue weighted by Crippen LogP contribution is -2.22. The predicted molar refractivity (Wildman–Crippen MR) is 51.8 cm³/mol. The summed E-state index contributed by atoms with van der Waals surface area (Å²) in [5.74, 6) is 0. The zero-order valence-corrected chi connectivity index (χ0v) is 8.38. The minimum atomic E-state index is -0.646. The maximum absolute atomic E-state index is 10.8. The number of rotatable bonds is 3. The van der Waals surface area contributed by atoms with Gasteiger partial charge in [-0.15, -0.1) is 0 Å². The standard InChI is InChI=1S/C9H10ClNO3/c1-13-11-9(12)14-6-7-4-2-3-5-8(7)10/h2-5H,6H2,1H3,(H,11,12). The molecule has 0 atom stereocenters. The smallest absolute Gasteiger partial charge is 0.431 e. The Morgan fingerprint density at radius 1 is 1.50 bits per heavy atom. The maximum atomic E-state index is 10.8. The van der Waals surface area contributed by atoms with E-state index in [1.54, 1.807) is 18.2 Å². The second kappa shape index (κ2) is 5.47. The van der Waals surface area contributed by atoms with Crippen LogP contribution in [0.3, 0.4) is 0 Å². The van der Waals surface area contributed by atoms with Crippen molar-refractivity contribution < 1.29 is 14.4 Å². The number of hydroxylamine groups is 1. The van der Waals surface area contributed by atoms with Gasteiger partial charge in [0.1, 0.15) is 6.61 Å². The summed E-state index contributed by atoms with van der Waals surface area (Å²) in [5, 5.41) is 0.567. The average molecular weight is 216 g/mol. The van der Waals surface area contributed by atoms with Crippen LogP contribution in [-0.2, 0) is 16.2 Å². The Balaban J connectivity index is 2.46. The molecular formula is C9H10ClNO3. The lowest BCUT2D eigenvalue weighted by atomic mass is 10.2. The number of amides is 1. The van der Waals surface area contributed by atoms with Gasteiger partial charge < -0.3 is 4.74 Å². The van der Waals surface area contributed by atoms with Crippen LogP contribution in [0.5, 0.6) is 0 Å². The lowest BCUT2D eigenvalue weighted by molar-refractivity contribution is 0.0551. The van der Waals surface area contributed by atoms with E-state index in [1.807, 2.05) is 11.5 Å². The molecule has 76 valence electrons. The highest BCUT2D eigenvalue weighted by molar-refractivity contribution is 6.31. The van der Waals surface area contributed by atoms with E-state index in [4.69, 9.17) is 16.3 Å². The Morgan fingerprint density at radius 2 is 2.21 bits per heavy atom. The van der Waals surface area contributed by atoms with Crippen LogP contribution in [0.15, 0.2) is 24.3 Å². The topological polar surface area (TPSA) is 47.6 Å². The molecule has 0 saturated heterocycles. The van der Waals surface area contributed by atoms with E-state index >= 15 is 0 Å². The summed E-state index contributed by atoms with van der Waals surface area (Å²) < 4.78 is 4.79. The van der Waals surface area contributed by atoms with Crippen LogP contribution in [0.25, 0.3) is 0 Å². The van der Waals surface area contributed by atoms with Crippen LogP contribution in [0, 0.1) is 0 Å². The van der Waals surface area contributed by atoms with Crippen molar-refractivity contribution in [1.29, 1.82) is 0 Å². The molecule has 1 aromatic rings. The summed E-state index contributed by atoms with van der Waals surface area (Å²) in [6.07, 6.45) is -0.646. The van der Waals surface area contributed by atoms with Gasteiger partial charge in [-0.3, -0.25) is 4.84 Å². The van der Waals surface area contributed by atoms with Crippen LogP contribution in [-0.4, -0.2) is 13.2 Å². The van der Waals surface area contributed by atoms with E-state index < -0.39 is 6.09 Å². The molecule has 0 bridgehead atoms. The SMILES string of the molecule is CONC(=O)OCc1ccccc1Cl. The molecule has 0 aliphatic carbocycles. The Kier molecular flexibility index (Phi) is 4.22. The second-order valence-corrected chi connectivity index (χ2v) is 2.88. The second-order valence-electron chi connectivity index (χ2n) is 2.47. The molecule has 5 heteroatoms. The highest BCUT2D eigenvalue weighted by atomic mass is 35.5. The zero-order chi connectivity index (χ0) is 10.4. The van der Waals surface area contributed by atoms with Crippen LogP contribution in [0.4, 0.5) is 4.79 Å². The monoisotopic (exact) mass is 215 g/mol. The fourth-order valence-corrected chi connectivity index (χ4v) is 1.06. The molecule has 0 spiro atoms. The van der Waals surface area contributed by atoms with Crippen LogP contribution < -0.4 is 5.48 Å². The number of nitrogens with one attached hydrogen (secondary N) is 1. The molecule has 0 unspecified atom stereocenters. The first-order chi connectivity index (χ1) is 6.74. The zero-order valence-electron chi connectivity index (χ0n) is 7.62. The molecule has 1 aromatic carbocycles. The van der Waals surface area contributed by atoms with Crippen molar-refractivity contribution in [2.24, 2.45) is 0 Å². The van der Waals surface area contributed by atoms with Crippen molar-refractivity contribution in [2.45, 2.75) is 6.61 Å². The molecule has 0 aliphatic heterocycles. The third kappa shape index (κ3) is 3.24. The van der Waals surface area contributed by atoms with E-state index in [9.17, 15) is 4.79 Å². The summed E-state index contributed by atoms with van der Waals surface area (Å²) >= 11 is 5.84. The number of ether oxygens (including phenoxy) is 1. The summed E-state index contributed by atoms with van der Waals surface area (Å²) in [5.41, 5.74) is 2.78. The normalized spacial score (nSPS) is 9.57. The number of hydrogen-bond acceptors (Lipinski definition) is 3. The summed E-state index contributed by atoms with van der Waals surface area (Å²) in [4.78, 5) is 15.2. The van der Waals surface area contributed by atoms with Crippen molar-refractivity contribution in [3.8, 4) is 0 Å². The van der Waals surface area contributed by atoms with Crippen molar-refractivity contribution in [2.75, 3.05) is 7.11 Å². The molecule has 0 heterocycles. The first kappa shape index (κ1) is 10.8. The molecule has 0 fully saturated rings. The van der Waals surface area contributed by atoms with Crippen LogP contribution in [0.2, 0.25) is 5.02 Å². The van der Waals surface area contributed by atoms with E-state index in [-0.39, 0.29) is 6.61 Å². The van der Waals surface area contributed by atoms with E-state index in [0.29, 0.717) is 5.02 Å². The van der Waals surface area contributed by atoms with Crippen LogP contribution in [0.1, 0.15) is 5.56 Å². The van der Waals surface area contributed by atoms with Gasteiger partial charge >= 0.3 is 6.09 Å². The van der Waals surface area contributed by atoms with Crippen molar-refractivity contribution >= 4 is 17.7 Å². The van der Waals surface area contributed by atoms with E-state index in [2.05, 4.69) is 4.84 Å². The number of carbonyl (C=O) groups excluding carboxylic acids is 1. The minimum absolute atomic E-state index is 0.120. The van der Waals surface area contributed by atoms with Gasteiger partial charge in [-0.1, -0.05) is 29.8 Å². The first-order valence-electron chi connectivity index (χ1n) is 3.93. The largest absolute Gasteiger partial charge is 0.443 e.